The maximum absolute atomic E-state index is 13.2. The molecule has 0 aliphatic carbocycles. The van der Waals surface area contributed by atoms with Crippen molar-refractivity contribution in [2.45, 2.75) is 38.6 Å². The predicted octanol–water partition coefficient (Wildman–Crippen LogP) is 3.29. The molecular formula is C14H19F3N2O. The van der Waals surface area contributed by atoms with E-state index in [4.69, 9.17) is 10.5 Å². The number of hydrogen-bond acceptors (Lipinski definition) is 3. The van der Waals surface area contributed by atoms with E-state index in [2.05, 4.69) is 0 Å². The summed E-state index contributed by atoms with van der Waals surface area (Å²) in [5, 5.41) is 0. The summed E-state index contributed by atoms with van der Waals surface area (Å²) in [6, 6.07) is 3.93. The van der Waals surface area contributed by atoms with Crippen LogP contribution in [0.5, 0.6) is 0 Å². The minimum atomic E-state index is -4.41. The Balaban J connectivity index is 2.44. The molecule has 0 radical (unpaired) electrons. The Morgan fingerprint density at radius 2 is 2.10 bits per heavy atom. The average molecular weight is 288 g/mol. The first-order chi connectivity index (χ1) is 9.32. The van der Waals surface area contributed by atoms with Gasteiger partial charge in [0.2, 0.25) is 0 Å². The highest BCUT2D eigenvalue weighted by Crippen LogP contribution is 2.39. The third-order valence-electron chi connectivity index (χ3n) is 3.57. The average Bonchev–Trinajstić information content (AvgIpc) is 2.37. The molecule has 2 N–H and O–H groups in total. The maximum atomic E-state index is 13.2. The van der Waals surface area contributed by atoms with E-state index in [0.29, 0.717) is 13.2 Å². The van der Waals surface area contributed by atoms with E-state index < -0.39 is 11.7 Å². The highest BCUT2D eigenvalue weighted by atomic mass is 19.4. The number of ether oxygens (including phenoxy) is 1. The van der Waals surface area contributed by atoms with Gasteiger partial charge in [-0.3, -0.25) is 0 Å². The fourth-order valence-corrected chi connectivity index (χ4v) is 2.51. The molecule has 6 heteroatoms. The molecule has 2 unspecified atom stereocenters. The van der Waals surface area contributed by atoms with Crippen molar-refractivity contribution in [2.75, 3.05) is 23.8 Å². The molecule has 20 heavy (non-hydrogen) atoms. The second-order valence-electron chi connectivity index (χ2n) is 5.13. The molecule has 1 fully saturated rings. The van der Waals surface area contributed by atoms with Crippen LogP contribution in [0.2, 0.25) is 0 Å². The fourth-order valence-electron chi connectivity index (χ4n) is 2.51. The molecule has 1 saturated heterocycles. The molecule has 1 aliphatic heterocycles. The van der Waals surface area contributed by atoms with E-state index in [-0.39, 0.29) is 23.5 Å². The molecule has 1 heterocycles. The van der Waals surface area contributed by atoms with Crippen molar-refractivity contribution in [1.82, 2.24) is 0 Å². The molecule has 1 aliphatic rings. The first kappa shape index (κ1) is 15.0. The van der Waals surface area contributed by atoms with Crippen molar-refractivity contribution in [3.63, 3.8) is 0 Å². The van der Waals surface area contributed by atoms with Gasteiger partial charge in [-0.05, 0) is 31.5 Å². The van der Waals surface area contributed by atoms with E-state index in [0.717, 1.165) is 12.5 Å². The summed E-state index contributed by atoms with van der Waals surface area (Å²) in [4.78, 5) is 1.79. The lowest BCUT2D eigenvalue weighted by molar-refractivity contribution is -0.137. The van der Waals surface area contributed by atoms with E-state index in [1.807, 2.05) is 13.8 Å². The highest BCUT2D eigenvalue weighted by molar-refractivity contribution is 5.61. The van der Waals surface area contributed by atoms with Crippen molar-refractivity contribution in [3.8, 4) is 0 Å². The Labute approximate surface area is 116 Å². The standard InChI is InChI=1S/C14H19F3N2O/c1-3-11-8-20-9(2)7-19(11)13-5-4-10(18)6-12(13)14(15,16)17/h4-6,9,11H,3,7-8,18H2,1-2H3. The Bertz CT molecular complexity index is 476. The summed E-state index contributed by atoms with van der Waals surface area (Å²) in [5.74, 6) is 0. The van der Waals surface area contributed by atoms with Gasteiger partial charge in [0.25, 0.3) is 0 Å². The first-order valence-corrected chi connectivity index (χ1v) is 6.68. The number of rotatable bonds is 2. The summed E-state index contributed by atoms with van der Waals surface area (Å²) >= 11 is 0. The van der Waals surface area contributed by atoms with Gasteiger partial charge in [-0.25, -0.2) is 0 Å². The van der Waals surface area contributed by atoms with Crippen molar-refractivity contribution in [3.05, 3.63) is 23.8 Å². The lowest BCUT2D eigenvalue weighted by Gasteiger charge is -2.41. The zero-order valence-corrected chi connectivity index (χ0v) is 11.6. The summed E-state index contributed by atoms with van der Waals surface area (Å²) in [7, 11) is 0. The number of nitrogens with zero attached hydrogens (tertiary/aromatic N) is 1. The van der Waals surface area contributed by atoms with Gasteiger partial charge in [0.05, 0.1) is 24.3 Å². The van der Waals surface area contributed by atoms with Gasteiger partial charge in [0, 0.05) is 17.9 Å². The number of alkyl halides is 3. The van der Waals surface area contributed by atoms with Gasteiger partial charge in [0.1, 0.15) is 0 Å². The summed E-state index contributed by atoms with van der Waals surface area (Å²) in [6.45, 7) is 4.70. The van der Waals surface area contributed by atoms with Crippen LogP contribution in [-0.4, -0.2) is 25.3 Å². The van der Waals surface area contributed by atoms with Crippen molar-refractivity contribution in [2.24, 2.45) is 0 Å². The van der Waals surface area contributed by atoms with Crippen LogP contribution in [-0.2, 0) is 10.9 Å². The van der Waals surface area contributed by atoms with Crippen LogP contribution < -0.4 is 10.6 Å². The Morgan fingerprint density at radius 3 is 2.70 bits per heavy atom. The van der Waals surface area contributed by atoms with Crippen LogP contribution in [0.3, 0.4) is 0 Å². The van der Waals surface area contributed by atoms with Gasteiger partial charge in [-0.2, -0.15) is 13.2 Å². The van der Waals surface area contributed by atoms with Gasteiger partial charge in [-0.1, -0.05) is 6.92 Å². The van der Waals surface area contributed by atoms with Crippen LogP contribution in [0.1, 0.15) is 25.8 Å². The second-order valence-corrected chi connectivity index (χ2v) is 5.13. The number of anilines is 2. The maximum Gasteiger partial charge on any atom is 0.418 e. The number of benzene rings is 1. The van der Waals surface area contributed by atoms with E-state index >= 15 is 0 Å². The smallest absolute Gasteiger partial charge is 0.399 e. The third-order valence-corrected chi connectivity index (χ3v) is 3.57. The normalized spacial score (nSPS) is 23.9. The van der Waals surface area contributed by atoms with Crippen LogP contribution in [0.4, 0.5) is 24.5 Å². The lowest BCUT2D eigenvalue weighted by atomic mass is 10.0. The Hall–Kier alpha value is -1.43. The SMILES string of the molecule is CCC1COC(C)CN1c1ccc(N)cc1C(F)(F)F. The monoisotopic (exact) mass is 288 g/mol. The fraction of sp³-hybridized carbons (Fsp3) is 0.571. The third kappa shape index (κ3) is 3.00. The minimum Gasteiger partial charge on any atom is -0.399 e. The van der Waals surface area contributed by atoms with Gasteiger partial charge in [0.15, 0.2) is 0 Å². The molecule has 2 rings (SSSR count). The van der Waals surface area contributed by atoms with E-state index in [1.165, 1.54) is 12.1 Å². The van der Waals surface area contributed by atoms with Crippen LogP contribution in [0.25, 0.3) is 0 Å². The zero-order valence-electron chi connectivity index (χ0n) is 11.6. The molecule has 2 atom stereocenters. The Morgan fingerprint density at radius 1 is 1.40 bits per heavy atom. The zero-order chi connectivity index (χ0) is 14.9. The molecule has 0 amide bonds. The summed E-state index contributed by atoms with van der Waals surface area (Å²) < 4.78 is 45.1. The molecule has 1 aromatic rings. The first-order valence-electron chi connectivity index (χ1n) is 6.68. The second kappa shape index (κ2) is 5.52. The van der Waals surface area contributed by atoms with E-state index in [1.54, 1.807) is 4.90 Å². The summed E-state index contributed by atoms with van der Waals surface area (Å²) in [5.41, 5.74) is 5.14. The van der Waals surface area contributed by atoms with Gasteiger partial charge < -0.3 is 15.4 Å². The molecule has 0 spiro atoms. The molecular weight excluding hydrogens is 269 g/mol. The molecule has 0 saturated carbocycles. The number of morpholine rings is 1. The van der Waals surface area contributed by atoms with Crippen LogP contribution in [0.15, 0.2) is 18.2 Å². The minimum absolute atomic E-state index is 0.0454. The number of halogens is 3. The van der Waals surface area contributed by atoms with Gasteiger partial charge >= 0.3 is 6.18 Å². The largest absolute Gasteiger partial charge is 0.418 e. The van der Waals surface area contributed by atoms with Gasteiger partial charge in [-0.15, -0.1) is 0 Å². The molecule has 1 aromatic carbocycles. The molecule has 3 nitrogen and oxygen atoms in total. The van der Waals surface area contributed by atoms with Crippen LogP contribution >= 0.6 is 0 Å². The number of hydrogen-bond donors (Lipinski definition) is 1. The highest BCUT2D eigenvalue weighted by Gasteiger charge is 2.37. The molecule has 112 valence electrons. The quantitative estimate of drug-likeness (QED) is 0.849. The van der Waals surface area contributed by atoms with Crippen molar-refractivity contribution in [1.29, 1.82) is 0 Å². The van der Waals surface area contributed by atoms with Crippen LogP contribution in [0, 0.1) is 0 Å². The van der Waals surface area contributed by atoms with Crippen molar-refractivity contribution >= 4 is 11.4 Å². The number of nitrogens with two attached hydrogens (primary N) is 1. The lowest BCUT2D eigenvalue weighted by Crippen LogP contribution is -2.49. The van der Waals surface area contributed by atoms with E-state index in [9.17, 15) is 13.2 Å². The van der Waals surface area contributed by atoms with Crippen molar-refractivity contribution < 1.29 is 17.9 Å². The number of nitrogen functional groups attached to an aromatic ring is 1. The summed E-state index contributed by atoms with van der Waals surface area (Å²) in [6.07, 6.45) is -3.77. The molecule has 0 aromatic heterocycles. The predicted molar refractivity (Wildman–Crippen MR) is 72.7 cm³/mol. The topological polar surface area (TPSA) is 38.5 Å². The Kier molecular flexibility index (Phi) is 4.13. The molecule has 0 bridgehead atoms.